The predicted octanol–water partition coefficient (Wildman–Crippen LogP) is 3.53. The second-order valence-electron chi connectivity index (χ2n) is 3.73. The Hall–Kier alpha value is -1.62. The molecule has 0 amide bonds. The molecule has 0 aliphatic heterocycles. The van der Waals surface area contributed by atoms with Crippen LogP contribution in [0, 0.1) is 18.6 Å². The molecule has 2 aromatic rings. The van der Waals surface area contributed by atoms with Gasteiger partial charge in [0.05, 0.1) is 0 Å². The molecule has 0 radical (unpaired) electrons. The first-order valence-corrected chi connectivity index (χ1v) is 5.91. The van der Waals surface area contributed by atoms with Crippen molar-refractivity contribution in [1.29, 1.82) is 0 Å². The maximum Gasteiger partial charge on any atom is 0.151 e. The fraction of sp³-hybridized carbons (Fsp3) is 0.167. The van der Waals surface area contributed by atoms with E-state index in [-0.39, 0.29) is 11.4 Å². The van der Waals surface area contributed by atoms with Crippen molar-refractivity contribution in [3.05, 3.63) is 45.7 Å². The third-order valence-electron chi connectivity index (χ3n) is 2.30. The van der Waals surface area contributed by atoms with Crippen LogP contribution >= 0.6 is 11.3 Å². The fourth-order valence-electron chi connectivity index (χ4n) is 1.52. The van der Waals surface area contributed by atoms with Crippen LogP contribution < -0.4 is 11.1 Å². The Kier molecular flexibility index (Phi) is 3.28. The lowest BCUT2D eigenvalue weighted by atomic mass is 10.2. The quantitative estimate of drug-likeness (QED) is 0.822. The normalized spacial score (nSPS) is 10.5. The Morgan fingerprint density at radius 3 is 2.41 bits per heavy atom. The van der Waals surface area contributed by atoms with Gasteiger partial charge in [-0.2, -0.15) is 0 Å². The number of halogens is 2. The standard InChI is InChI=1S/C12H12F2N2S/c1-7-2-3-9(17-7)6-16-12-10(13)4-8(15)5-11(12)14/h2-5,16H,6,15H2,1H3. The molecule has 0 bridgehead atoms. The highest BCUT2D eigenvalue weighted by molar-refractivity contribution is 7.11. The number of hydrogen-bond acceptors (Lipinski definition) is 3. The maximum absolute atomic E-state index is 13.4. The topological polar surface area (TPSA) is 38.0 Å². The molecule has 0 saturated carbocycles. The number of nitrogens with two attached hydrogens (primary N) is 1. The van der Waals surface area contributed by atoms with E-state index >= 15 is 0 Å². The molecule has 1 aromatic carbocycles. The number of nitrogen functional groups attached to an aromatic ring is 1. The molecule has 1 heterocycles. The van der Waals surface area contributed by atoms with Gasteiger partial charge in [0, 0.05) is 22.0 Å². The van der Waals surface area contributed by atoms with Gasteiger partial charge in [-0.15, -0.1) is 11.3 Å². The number of aryl methyl sites for hydroxylation is 1. The number of nitrogens with one attached hydrogen (secondary N) is 1. The Bertz CT molecular complexity index is 514. The van der Waals surface area contributed by atoms with E-state index in [9.17, 15) is 8.78 Å². The van der Waals surface area contributed by atoms with Gasteiger partial charge in [0.1, 0.15) is 5.69 Å². The van der Waals surface area contributed by atoms with Gasteiger partial charge in [0.25, 0.3) is 0 Å². The molecule has 2 nitrogen and oxygen atoms in total. The van der Waals surface area contributed by atoms with Crippen molar-refractivity contribution in [3.63, 3.8) is 0 Å². The Morgan fingerprint density at radius 2 is 1.88 bits per heavy atom. The molecule has 0 saturated heterocycles. The van der Waals surface area contributed by atoms with Crippen molar-refractivity contribution in [2.45, 2.75) is 13.5 Å². The lowest BCUT2D eigenvalue weighted by molar-refractivity contribution is 0.589. The summed E-state index contributed by atoms with van der Waals surface area (Å²) in [6.45, 7) is 2.38. The number of hydrogen-bond donors (Lipinski definition) is 2. The summed E-state index contributed by atoms with van der Waals surface area (Å²) in [6, 6.07) is 6.10. The Balaban J connectivity index is 2.14. The van der Waals surface area contributed by atoms with Crippen molar-refractivity contribution in [3.8, 4) is 0 Å². The zero-order valence-corrected chi connectivity index (χ0v) is 10.1. The highest BCUT2D eigenvalue weighted by Crippen LogP contribution is 2.23. The molecule has 0 fully saturated rings. The zero-order valence-electron chi connectivity index (χ0n) is 9.26. The molecule has 90 valence electrons. The van der Waals surface area contributed by atoms with Crippen LogP contribution in [-0.4, -0.2) is 0 Å². The van der Waals surface area contributed by atoms with Crippen LogP contribution in [0.2, 0.25) is 0 Å². The van der Waals surface area contributed by atoms with Crippen LogP contribution in [-0.2, 0) is 6.54 Å². The summed E-state index contributed by atoms with van der Waals surface area (Å²) < 4.78 is 26.9. The molecule has 5 heteroatoms. The monoisotopic (exact) mass is 254 g/mol. The molecule has 0 unspecified atom stereocenters. The summed E-state index contributed by atoms with van der Waals surface area (Å²) in [5.41, 5.74) is 5.28. The van der Waals surface area contributed by atoms with Crippen molar-refractivity contribution in [1.82, 2.24) is 0 Å². The number of rotatable bonds is 3. The van der Waals surface area contributed by atoms with Crippen LogP contribution in [0.3, 0.4) is 0 Å². The third kappa shape index (κ3) is 2.74. The number of thiophene rings is 1. The van der Waals surface area contributed by atoms with E-state index in [1.165, 1.54) is 4.88 Å². The summed E-state index contributed by atoms with van der Waals surface area (Å²) in [5, 5.41) is 2.74. The van der Waals surface area contributed by atoms with E-state index in [0.29, 0.717) is 6.54 Å². The summed E-state index contributed by atoms with van der Waals surface area (Å²) in [5.74, 6) is -1.34. The summed E-state index contributed by atoms with van der Waals surface area (Å²) in [4.78, 5) is 2.19. The van der Waals surface area contributed by atoms with Gasteiger partial charge < -0.3 is 11.1 Å². The minimum absolute atomic E-state index is 0.0810. The zero-order chi connectivity index (χ0) is 12.4. The molecule has 17 heavy (non-hydrogen) atoms. The average molecular weight is 254 g/mol. The lowest BCUT2D eigenvalue weighted by Gasteiger charge is -2.08. The first kappa shape index (κ1) is 11.9. The van der Waals surface area contributed by atoms with Gasteiger partial charge in [-0.25, -0.2) is 8.78 Å². The molecule has 0 aliphatic carbocycles. The first-order valence-electron chi connectivity index (χ1n) is 5.10. The van der Waals surface area contributed by atoms with E-state index in [2.05, 4.69) is 5.32 Å². The van der Waals surface area contributed by atoms with Gasteiger partial charge in [-0.3, -0.25) is 0 Å². The molecule has 0 spiro atoms. The van der Waals surface area contributed by atoms with E-state index in [1.54, 1.807) is 11.3 Å². The van der Waals surface area contributed by atoms with Crippen LogP contribution in [0.1, 0.15) is 9.75 Å². The van der Waals surface area contributed by atoms with Crippen molar-refractivity contribution < 1.29 is 8.78 Å². The molecule has 1 aromatic heterocycles. The van der Waals surface area contributed by atoms with Crippen molar-refractivity contribution in [2.75, 3.05) is 11.1 Å². The highest BCUT2D eigenvalue weighted by atomic mass is 32.1. The Morgan fingerprint density at radius 1 is 1.24 bits per heavy atom. The molecule has 3 N–H and O–H groups in total. The van der Waals surface area contributed by atoms with Gasteiger partial charge in [0.15, 0.2) is 11.6 Å². The smallest absolute Gasteiger partial charge is 0.151 e. The van der Waals surface area contributed by atoms with Gasteiger partial charge in [0.2, 0.25) is 0 Å². The Labute approximate surface area is 102 Å². The van der Waals surface area contributed by atoms with E-state index in [4.69, 9.17) is 5.73 Å². The molecule has 2 rings (SSSR count). The van der Waals surface area contributed by atoms with Crippen LogP contribution in [0.5, 0.6) is 0 Å². The average Bonchev–Trinajstić information content (AvgIpc) is 2.62. The SMILES string of the molecule is Cc1ccc(CNc2c(F)cc(N)cc2F)s1. The second kappa shape index (κ2) is 4.71. The molecular weight excluding hydrogens is 242 g/mol. The predicted molar refractivity (Wildman–Crippen MR) is 67.2 cm³/mol. The summed E-state index contributed by atoms with van der Waals surface area (Å²) in [7, 11) is 0. The highest BCUT2D eigenvalue weighted by Gasteiger charge is 2.10. The van der Waals surface area contributed by atoms with Gasteiger partial charge >= 0.3 is 0 Å². The molecular formula is C12H12F2N2S. The second-order valence-corrected chi connectivity index (χ2v) is 5.10. The minimum atomic E-state index is -0.671. The van der Waals surface area contributed by atoms with Crippen molar-refractivity contribution >= 4 is 22.7 Å². The van der Waals surface area contributed by atoms with E-state index in [1.807, 2.05) is 19.1 Å². The molecule has 0 atom stereocenters. The van der Waals surface area contributed by atoms with Crippen LogP contribution in [0.25, 0.3) is 0 Å². The van der Waals surface area contributed by atoms with E-state index in [0.717, 1.165) is 17.0 Å². The summed E-state index contributed by atoms with van der Waals surface area (Å²) in [6.07, 6.45) is 0. The first-order chi connectivity index (χ1) is 8.06. The van der Waals surface area contributed by atoms with E-state index < -0.39 is 11.6 Å². The number of anilines is 2. The maximum atomic E-state index is 13.4. The van der Waals surface area contributed by atoms with Crippen molar-refractivity contribution in [2.24, 2.45) is 0 Å². The van der Waals surface area contributed by atoms with Gasteiger partial charge in [-0.05, 0) is 31.2 Å². The summed E-state index contributed by atoms with van der Waals surface area (Å²) >= 11 is 1.59. The van der Waals surface area contributed by atoms with Crippen LogP contribution in [0.4, 0.5) is 20.2 Å². The number of benzene rings is 1. The van der Waals surface area contributed by atoms with Gasteiger partial charge in [-0.1, -0.05) is 0 Å². The third-order valence-corrected chi connectivity index (χ3v) is 3.30. The minimum Gasteiger partial charge on any atom is -0.399 e. The molecule has 0 aliphatic rings. The lowest BCUT2D eigenvalue weighted by Crippen LogP contribution is -2.03. The largest absolute Gasteiger partial charge is 0.399 e. The van der Waals surface area contributed by atoms with Crippen LogP contribution in [0.15, 0.2) is 24.3 Å². The fourth-order valence-corrected chi connectivity index (χ4v) is 2.35.